The van der Waals surface area contributed by atoms with E-state index in [2.05, 4.69) is 14.6 Å². The van der Waals surface area contributed by atoms with Crippen molar-refractivity contribution in [1.82, 2.24) is 9.78 Å². The third-order valence-electron chi connectivity index (χ3n) is 4.54. The normalized spacial score (nSPS) is 12.7. The van der Waals surface area contributed by atoms with Crippen molar-refractivity contribution in [2.75, 3.05) is 14.2 Å². The van der Waals surface area contributed by atoms with Crippen molar-refractivity contribution in [2.45, 2.75) is 18.8 Å². The molecule has 0 fully saturated rings. The molecular formula is C22H16F6N2O6. The highest BCUT2D eigenvalue weighted by Gasteiger charge is 2.50. The molecule has 0 amide bonds. The van der Waals surface area contributed by atoms with Crippen molar-refractivity contribution in [3.63, 3.8) is 0 Å². The molecular weight excluding hydrogens is 502 g/mol. The number of benzene rings is 2. The molecule has 8 nitrogen and oxygen atoms in total. The fraction of sp³-hybridized carbons (Fsp3) is 0.227. The van der Waals surface area contributed by atoms with Crippen molar-refractivity contribution in [3.05, 3.63) is 65.9 Å². The molecule has 3 rings (SSSR count). The molecule has 1 aromatic heterocycles. The molecule has 0 N–H and O–H groups in total. The van der Waals surface area contributed by atoms with Crippen LogP contribution in [0.4, 0.5) is 26.3 Å². The second-order valence-corrected chi connectivity index (χ2v) is 6.87. The summed E-state index contributed by atoms with van der Waals surface area (Å²) in [6.45, 7) is 0. The summed E-state index contributed by atoms with van der Waals surface area (Å²) in [6, 6.07) is 12.1. The number of hydrogen-bond acceptors (Lipinski definition) is 7. The van der Waals surface area contributed by atoms with Crippen LogP contribution in [-0.4, -0.2) is 54.8 Å². The van der Waals surface area contributed by atoms with Crippen LogP contribution in [0, 0.1) is 0 Å². The van der Waals surface area contributed by atoms with Gasteiger partial charge in [-0.1, -0.05) is 18.2 Å². The minimum atomic E-state index is -5.66. The van der Waals surface area contributed by atoms with Gasteiger partial charge in [0, 0.05) is 5.56 Å². The van der Waals surface area contributed by atoms with Gasteiger partial charge in [-0.05, 0) is 36.4 Å². The van der Waals surface area contributed by atoms with E-state index in [1.54, 1.807) is 30.3 Å². The lowest BCUT2D eigenvalue weighted by Gasteiger charge is -2.22. The van der Waals surface area contributed by atoms with Crippen LogP contribution in [0.5, 0.6) is 5.75 Å². The number of nitrogens with zero attached hydrogens (tertiary/aromatic N) is 2. The molecule has 0 spiro atoms. The molecule has 0 aliphatic rings. The molecule has 14 heteroatoms. The van der Waals surface area contributed by atoms with Gasteiger partial charge in [0.25, 0.3) is 0 Å². The first kappa shape index (κ1) is 26.5. The van der Waals surface area contributed by atoms with Crippen LogP contribution in [0.3, 0.4) is 0 Å². The van der Waals surface area contributed by atoms with Gasteiger partial charge in [-0.2, -0.15) is 13.9 Å². The number of halogens is 6. The van der Waals surface area contributed by atoms with Crippen molar-refractivity contribution < 1.29 is 54.9 Å². The topological polar surface area (TPSA) is 88.9 Å². The lowest BCUT2D eigenvalue weighted by atomic mass is 10.1. The second-order valence-electron chi connectivity index (χ2n) is 6.87. The Bertz CT molecular complexity index is 1230. The number of esters is 2. The summed E-state index contributed by atoms with van der Waals surface area (Å²) < 4.78 is 94.2. The van der Waals surface area contributed by atoms with E-state index >= 15 is 0 Å². The minimum absolute atomic E-state index is 0.0919. The maximum absolute atomic E-state index is 13.7. The van der Waals surface area contributed by atoms with E-state index in [-0.39, 0.29) is 22.5 Å². The van der Waals surface area contributed by atoms with Crippen molar-refractivity contribution in [1.29, 1.82) is 0 Å². The lowest BCUT2D eigenvalue weighted by Crippen LogP contribution is -2.41. The van der Waals surface area contributed by atoms with E-state index in [1.807, 2.05) is 0 Å². The maximum Gasteiger partial charge on any atom is 0.525 e. The summed E-state index contributed by atoms with van der Waals surface area (Å²) in [7, 11) is 2.14. The number of alkyl halides is 6. The molecule has 36 heavy (non-hydrogen) atoms. The highest BCUT2D eigenvalue weighted by Crippen LogP contribution is 2.34. The van der Waals surface area contributed by atoms with E-state index in [9.17, 15) is 35.9 Å². The summed E-state index contributed by atoms with van der Waals surface area (Å²) in [5, 5.41) is 4.28. The van der Waals surface area contributed by atoms with Crippen LogP contribution in [0.15, 0.2) is 54.6 Å². The molecule has 0 radical (unpaired) electrons. The van der Waals surface area contributed by atoms with E-state index in [0.29, 0.717) is 5.69 Å². The maximum atomic E-state index is 13.7. The standard InChI is InChI=1S/C22H16F6N2O6/c1-33-18(31)15-16(29-30(17(15)19(32)34-2)13-6-4-3-5-7-13)12-8-10-14(11-9-12)35-21(24,25)20(23)36-22(26,27)28/h3-11,20H,1-2H3. The molecule has 0 saturated heterocycles. The summed E-state index contributed by atoms with van der Waals surface area (Å²) in [5.74, 6) is -2.63. The van der Waals surface area contributed by atoms with Crippen LogP contribution < -0.4 is 4.74 Å². The lowest BCUT2D eigenvalue weighted by molar-refractivity contribution is -0.411. The van der Waals surface area contributed by atoms with Gasteiger partial charge in [0.2, 0.25) is 0 Å². The van der Waals surface area contributed by atoms with E-state index in [0.717, 1.165) is 43.2 Å². The molecule has 0 saturated carbocycles. The average Bonchev–Trinajstić information content (AvgIpc) is 3.23. The number of carbonyl (C=O) groups excluding carboxylic acids is 2. The van der Waals surface area contributed by atoms with Gasteiger partial charge in [-0.25, -0.2) is 23.4 Å². The quantitative estimate of drug-likeness (QED) is 0.309. The van der Waals surface area contributed by atoms with E-state index in [1.165, 1.54) is 0 Å². The molecule has 1 heterocycles. The smallest absolute Gasteiger partial charge is 0.465 e. The summed E-state index contributed by atoms with van der Waals surface area (Å²) in [5.41, 5.74) is -0.258. The SMILES string of the molecule is COC(=O)c1c(-c2ccc(OC(F)(F)C(F)OC(F)(F)F)cc2)nn(-c2ccccc2)c1C(=O)OC. The highest BCUT2D eigenvalue weighted by molar-refractivity contribution is 6.06. The minimum Gasteiger partial charge on any atom is -0.465 e. The fourth-order valence-corrected chi connectivity index (χ4v) is 3.03. The number of carbonyl (C=O) groups is 2. The number of rotatable bonds is 8. The van der Waals surface area contributed by atoms with Gasteiger partial charge in [-0.15, -0.1) is 13.2 Å². The number of aromatic nitrogens is 2. The van der Waals surface area contributed by atoms with Crippen LogP contribution >= 0.6 is 0 Å². The number of ether oxygens (including phenoxy) is 4. The first-order valence-corrected chi connectivity index (χ1v) is 9.79. The third-order valence-corrected chi connectivity index (χ3v) is 4.54. The zero-order valence-electron chi connectivity index (χ0n) is 18.4. The predicted octanol–water partition coefficient (Wildman–Crippen LogP) is 4.92. The van der Waals surface area contributed by atoms with Crippen LogP contribution in [0.1, 0.15) is 20.8 Å². The molecule has 1 unspecified atom stereocenters. The number of para-hydroxylation sites is 1. The zero-order chi connectivity index (χ0) is 26.7. The first-order chi connectivity index (χ1) is 16.9. The largest absolute Gasteiger partial charge is 0.525 e. The molecule has 1 atom stereocenters. The third kappa shape index (κ3) is 5.76. The van der Waals surface area contributed by atoms with Crippen LogP contribution in [-0.2, 0) is 14.2 Å². The van der Waals surface area contributed by atoms with Gasteiger partial charge in [0.05, 0.1) is 19.9 Å². The Balaban J connectivity index is 2.03. The monoisotopic (exact) mass is 518 g/mol. The Kier molecular flexibility index (Phi) is 7.57. The molecule has 0 aliphatic carbocycles. The Morgan fingerprint density at radius 1 is 0.889 bits per heavy atom. The first-order valence-electron chi connectivity index (χ1n) is 9.79. The van der Waals surface area contributed by atoms with Gasteiger partial charge in [0.15, 0.2) is 5.69 Å². The highest BCUT2D eigenvalue weighted by atomic mass is 19.4. The van der Waals surface area contributed by atoms with Crippen molar-refractivity contribution in [2.24, 2.45) is 0 Å². The van der Waals surface area contributed by atoms with E-state index < -0.39 is 36.5 Å². The van der Waals surface area contributed by atoms with Gasteiger partial charge >= 0.3 is 30.8 Å². The molecule has 0 bridgehead atoms. The summed E-state index contributed by atoms with van der Waals surface area (Å²) in [6.07, 6.45) is -14.8. The Morgan fingerprint density at radius 2 is 1.47 bits per heavy atom. The zero-order valence-corrected chi connectivity index (χ0v) is 18.4. The number of hydrogen-bond donors (Lipinski definition) is 0. The average molecular weight is 518 g/mol. The molecule has 3 aromatic rings. The Morgan fingerprint density at radius 3 is 2.00 bits per heavy atom. The molecule has 2 aromatic carbocycles. The second kappa shape index (κ2) is 10.3. The predicted molar refractivity (Wildman–Crippen MR) is 109 cm³/mol. The van der Waals surface area contributed by atoms with Gasteiger partial charge in [0.1, 0.15) is 17.0 Å². The van der Waals surface area contributed by atoms with Crippen molar-refractivity contribution >= 4 is 11.9 Å². The van der Waals surface area contributed by atoms with Crippen LogP contribution in [0.2, 0.25) is 0 Å². The van der Waals surface area contributed by atoms with Gasteiger partial charge in [-0.3, -0.25) is 0 Å². The van der Waals surface area contributed by atoms with Gasteiger partial charge < -0.3 is 14.2 Å². The molecule has 192 valence electrons. The van der Waals surface area contributed by atoms with E-state index in [4.69, 9.17) is 9.47 Å². The van der Waals surface area contributed by atoms with Crippen molar-refractivity contribution in [3.8, 4) is 22.7 Å². The fourth-order valence-electron chi connectivity index (χ4n) is 3.03. The van der Waals surface area contributed by atoms with Crippen LogP contribution in [0.25, 0.3) is 16.9 Å². The molecule has 0 aliphatic heterocycles. The summed E-state index contributed by atoms with van der Waals surface area (Å²) in [4.78, 5) is 25.1. The number of methoxy groups -OCH3 is 2. The Labute approximate surface area is 198 Å². The summed E-state index contributed by atoms with van der Waals surface area (Å²) >= 11 is 0. The Hall–Kier alpha value is -4.07.